The molecular formula is C12H23NO2. The average molecular weight is 213 g/mol. The Kier molecular flexibility index (Phi) is 4.58. The van der Waals surface area contributed by atoms with E-state index in [1.165, 1.54) is 25.7 Å². The highest BCUT2D eigenvalue weighted by atomic mass is 16.5. The Morgan fingerprint density at radius 3 is 2.33 bits per heavy atom. The quantitative estimate of drug-likeness (QED) is 0.578. The molecule has 1 unspecified atom stereocenters. The first-order valence-electron chi connectivity index (χ1n) is 6.06. The molecule has 0 spiro atoms. The highest BCUT2D eigenvalue weighted by Crippen LogP contribution is 2.21. The van der Waals surface area contributed by atoms with Crippen LogP contribution in [-0.2, 0) is 9.53 Å². The lowest BCUT2D eigenvalue weighted by Crippen LogP contribution is -2.46. The van der Waals surface area contributed by atoms with Gasteiger partial charge in [0.05, 0.1) is 0 Å². The van der Waals surface area contributed by atoms with Crippen molar-refractivity contribution in [2.45, 2.75) is 70.4 Å². The third-order valence-corrected chi connectivity index (χ3v) is 3.28. The van der Waals surface area contributed by atoms with Crippen molar-refractivity contribution in [3.63, 3.8) is 0 Å². The SMILES string of the molecule is CCC(C)(N)C(=O)OC1CCCCCC1. The molecule has 0 aromatic rings. The molecule has 0 aromatic carbocycles. The topological polar surface area (TPSA) is 52.3 Å². The van der Waals surface area contributed by atoms with Crippen molar-refractivity contribution in [2.24, 2.45) is 5.73 Å². The molecule has 88 valence electrons. The van der Waals surface area contributed by atoms with Crippen LogP contribution in [0.3, 0.4) is 0 Å². The van der Waals surface area contributed by atoms with Gasteiger partial charge in [0.25, 0.3) is 0 Å². The summed E-state index contributed by atoms with van der Waals surface area (Å²) in [6.45, 7) is 3.65. The molecule has 0 amide bonds. The number of hydrogen-bond acceptors (Lipinski definition) is 3. The molecule has 3 nitrogen and oxygen atoms in total. The van der Waals surface area contributed by atoms with Gasteiger partial charge in [0.1, 0.15) is 11.6 Å². The van der Waals surface area contributed by atoms with Crippen molar-refractivity contribution in [3.8, 4) is 0 Å². The van der Waals surface area contributed by atoms with Crippen LogP contribution in [0, 0.1) is 0 Å². The fourth-order valence-electron chi connectivity index (χ4n) is 1.79. The third-order valence-electron chi connectivity index (χ3n) is 3.28. The van der Waals surface area contributed by atoms with Crippen LogP contribution in [0.15, 0.2) is 0 Å². The monoisotopic (exact) mass is 213 g/mol. The Bertz CT molecular complexity index is 206. The molecule has 0 radical (unpaired) electrons. The van der Waals surface area contributed by atoms with Crippen molar-refractivity contribution in [2.75, 3.05) is 0 Å². The molecule has 0 bridgehead atoms. The summed E-state index contributed by atoms with van der Waals surface area (Å²) in [7, 11) is 0. The maximum Gasteiger partial charge on any atom is 0.326 e. The van der Waals surface area contributed by atoms with Gasteiger partial charge in [-0.15, -0.1) is 0 Å². The molecule has 0 saturated heterocycles. The van der Waals surface area contributed by atoms with E-state index in [2.05, 4.69) is 0 Å². The highest BCUT2D eigenvalue weighted by molar-refractivity contribution is 5.80. The minimum absolute atomic E-state index is 0.106. The lowest BCUT2D eigenvalue weighted by Gasteiger charge is -2.24. The molecule has 3 heteroatoms. The van der Waals surface area contributed by atoms with Crippen LogP contribution in [0.5, 0.6) is 0 Å². The predicted octanol–water partition coefficient (Wildman–Crippen LogP) is 2.38. The number of carbonyl (C=O) groups is 1. The van der Waals surface area contributed by atoms with Crippen molar-refractivity contribution < 1.29 is 9.53 Å². The summed E-state index contributed by atoms with van der Waals surface area (Å²) in [6.07, 6.45) is 7.62. The zero-order valence-electron chi connectivity index (χ0n) is 9.92. The second-order valence-corrected chi connectivity index (χ2v) is 4.79. The standard InChI is InChI=1S/C12H23NO2/c1-3-12(2,13)11(14)15-10-8-6-4-5-7-9-10/h10H,3-9,13H2,1-2H3. The molecule has 15 heavy (non-hydrogen) atoms. The second-order valence-electron chi connectivity index (χ2n) is 4.79. The van der Waals surface area contributed by atoms with Crippen LogP contribution in [0.4, 0.5) is 0 Å². The fourth-order valence-corrected chi connectivity index (χ4v) is 1.79. The minimum Gasteiger partial charge on any atom is -0.461 e. The van der Waals surface area contributed by atoms with Gasteiger partial charge in [0.2, 0.25) is 0 Å². The van der Waals surface area contributed by atoms with E-state index in [0.29, 0.717) is 6.42 Å². The minimum atomic E-state index is -0.813. The molecule has 0 aliphatic heterocycles. The van der Waals surface area contributed by atoms with E-state index < -0.39 is 5.54 Å². The molecule has 1 rings (SSSR count). The maximum atomic E-state index is 11.7. The van der Waals surface area contributed by atoms with E-state index >= 15 is 0 Å². The summed E-state index contributed by atoms with van der Waals surface area (Å²) in [6, 6.07) is 0. The molecular weight excluding hydrogens is 190 g/mol. The van der Waals surface area contributed by atoms with Gasteiger partial charge in [0.15, 0.2) is 0 Å². The molecule has 1 aliphatic carbocycles. The van der Waals surface area contributed by atoms with Gasteiger partial charge < -0.3 is 10.5 Å². The lowest BCUT2D eigenvalue weighted by molar-refractivity contribution is -0.155. The first-order valence-corrected chi connectivity index (χ1v) is 6.06. The van der Waals surface area contributed by atoms with E-state index in [-0.39, 0.29) is 12.1 Å². The van der Waals surface area contributed by atoms with E-state index in [1.807, 2.05) is 6.92 Å². The predicted molar refractivity (Wildman–Crippen MR) is 60.5 cm³/mol. The number of nitrogens with two attached hydrogens (primary N) is 1. The van der Waals surface area contributed by atoms with E-state index in [1.54, 1.807) is 6.92 Å². The summed E-state index contributed by atoms with van der Waals surface area (Å²) in [4.78, 5) is 11.7. The molecule has 0 aromatic heterocycles. The van der Waals surface area contributed by atoms with E-state index in [4.69, 9.17) is 10.5 Å². The van der Waals surface area contributed by atoms with E-state index in [9.17, 15) is 4.79 Å². The Morgan fingerprint density at radius 1 is 1.33 bits per heavy atom. The number of esters is 1. The zero-order valence-corrected chi connectivity index (χ0v) is 9.92. The normalized spacial score (nSPS) is 22.9. The van der Waals surface area contributed by atoms with Crippen LogP contribution in [0.1, 0.15) is 58.8 Å². The molecule has 1 saturated carbocycles. The van der Waals surface area contributed by atoms with Crippen molar-refractivity contribution in [3.05, 3.63) is 0 Å². The van der Waals surface area contributed by atoms with Gasteiger partial charge in [-0.25, -0.2) is 0 Å². The maximum absolute atomic E-state index is 11.7. The summed E-state index contributed by atoms with van der Waals surface area (Å²) in [5.41, 5.74) is 5.03. The van der Waals surface area contributed by atoms with Crippen LogP contribution in [-0.4, -0.2) is 17.6 Å². The largest absolute Gasteiger partial charge is 0.461 e. The Balaban J connectivity index is 2.42. The first-order chi connectivity index (χ1) is 7.06. The van der Waals surface area contributed by atoms with Gasteiger partial charge in [-0.05, 0) is 39.0 Å². The van der Waals surface area contributed by atoms with Crippen LogP contribution < -0.4 is 5.73 Å². The smallest absolute Gasteiger partial charge is 0.326 e. The Hall–Kier alpha value is -0.570. The van der Waals surface area contributed by atoms with Gasteiger partial charge in [-0.2, -0.15) is 0 Å². The van der Waals surface area contributed by atoms with E-state index in [0.717, 1.165) is 12.8 Å². The summed E-state index contributed by atoms with van der Waals surface area (Å²) in [5, 5.41) is 0. The Morgan fingerprint density at radius 2 is 1.87 bits per heavy atom. The summed E-state index contributed by atoms with van der Waals surface area (Å²) in [5.74, 6) is -0.239. The van der Waals surface area contributed by atoms with Gasteiger partial charge >= 0.3 is 5.97 Å². The molecule has 1 atom stereocenters. The average Bonchev–Trinajstić information content (AvgIpc) is 2.46. The van der Waals surface area contributed by atoms with Gasteiger partial charge in [-0.1, -0.05) is 19.8 Å². The molecule has 0 heterocycles. The number of carbonyl (C=O) groups excluding carboxylic acids is 1. The second kappa shape index (κ2) is 5.50. The summed E-state index contributed by atoms with van der Waals surface area (Å²) >= 11 is 0. The highest BCUT2D eigenvalue weighted by Gasteiger charge is 2.30. The van der Waals surface area contributed by atoms with Crippen molar-refractivity contribution in [1.29, 1.82) is 0 Å². The number of hydrogen-bond donors (Lipinski definition) is 1. The first kappa shape index (κ1) is 12.5. The molecule has 1 aliphatic rings. The van der Waals surface area contributed by atoms with Gasteiger partial charge in [0, 0.05) is 0 Å². The van der Waals surface area contributed by atoms with Crippen LogP contribution in [0.2, 0.25) is 0 Å². The fraction of sp³-hybridized carbons (Fsp3) is 0.917. The molecule has 2 N–H and O–H groups in total. The third kappa shape index (κ3) is 3.82. The number of rotatable bonds is 3. The molecule has 1 fully saturated rings. The Labute approximate surface area is 92.4 Å². The zero-order chi connectivity index (χ0) is 11.3. The van der Waals surface area contributed by atoms with Crippen LogP contribution >= 0.6 is 0 Å². The summed E-state index contributed by atoms with van der Waals surface area (Å²) < 4.78 is 5.46. The van der Waals surface area contributed by atoms with Gasteiger partial charge in [-0.3, -0.25) is 4.79 Å². The van der Waals surface area contributed by atoms with Crippen LogP contribution in [0.25, 0.3) is 0 Å². The number of ether oxygens (including phenoxy) is 1. The van der Waals surface area contributed by atoms with Crippen molar-refractivity contribution in [1.82, 2.24) is 0 Å². The van der Waals surface area contributed by atoms with Crippen molar-refractivity contribution >= 4 is 5.97 Å². The lowest BCUT2D eigenvalue weighted by atomic mass is 10.0.